The number of ether oxygens (including phenoxy) is 2. The van der Waals surface area contributed by atoms with Gasteiger partial charge < -0.3 is 9.47 Å². The number of para-hydroxylation sites is 2. The normalized spacial score (nSPS) is 14.4. The Morgan fingerprint density at radius 2 is 0.917 bits per heavy atom. The summed E-state index contributed by atoms with van der Waals surface area (Å²) in [5.74, 6) is 3.72. The van der Waals surface area contributed by atoms with Crippen LogP contribution in [0.15, 0.2) is 97.1 Å². The fourth-order valence-corrected chi connectivity index (χ4v) is 7.51. The summed E-state index contributed by atoms with van der Waals surface area (Å²) < 4.78 is 13.3. The zero-order chi connectivity index (χ0) is 23.1. The van der Waals surface area contributed by atoms with Crippen LogP contribution < -0.4 is 42.3 Å². The summed E-state index contributed by atoms with van der Waals surface area (Å²) in [5.41, 5.74) is 10.5. The van der Waals surface area contributed by atoms with E-state index < -0.39 is 0 Å². The van der Waals surface area contributed by atoms with E-state index in [4.69, 9.17) is 9.47 Å². The Bertz CT molecular complexity index is 1890. The van der Waals surface area contributed by atoms with Crippen LogP contribution in [0.2, 0.25) is 0 Å². The van der Waals surface area contributed by atoms with Crippen LogP contribution in [-0.2, 0) is 0 Å². The standard InChI is InChI=1S/C32H16B2O2/c1-3-13-23-19(9-1)33-21-11-5-7-17-15-18-8-6-12-22-28(18)29(27(17)21)30-31(33)25(35-23)16-26-32(30)34(22)20-10-2-4-14-24(20)36-26/h1-16H. The van der Waals surface area contributed by atoms with Crippen molar-refractivity contribution in [2.75, 3.05) is 0 Å². The molecule has 4 aliphatic rings. The molecule has 0 radical (unpaired) electrons. The molecule has 0 atom stereocenters. The van der Waals surface area contributed by atoms with Crippen molar-refractivity contribution in [3.05, 3.63) is 97.1 Å². The number of benzene rings is 6. The average molecular weight is 454 g/mol. The van der Waals surface area contributed by atoms with Crippen molar-refractivity contribution in [3.8, 4) is 34.1 Å². The molecule has 6 aromatic rings. The summed E-state index contributed by atoms with van der Waals surface area (Å²) in [6.07, 6.45) is 0. The highest BCUT2D eigenvalue weighted by atomic mass is 16.5. The molecule has 0 N–H and O–H groups in total. The minimum absolute atomic E-state index is 0.141. The number of hydrogen-bond donors (Lipinski definition) is 0. The predicted molar refractivity (Wildman–Crippen MR) is 149 cm³/mol. The molecule has 0 bridgehead atoms. The number of rotatable bonds is 0. The summed E-state index contributed by atoms with van der Waals surface area (Å²) >= 11 is 0. The molecular weight excluding hydrogens is 438 g/mol. The molecule has 0 unspecified atom stereocenters. The van der Waals surface area contributed by atoms with Gasteiger partial charge in [0.2, 0.25) is 0 Å². The molecule has 0 saturated heterocycles. The molecule has 36 heavy (non-hydrogen) atoms. The van der Waals surface area contributed by atoms with Crippen LogP contribution in [-0.4, -0.2) is 13.4 Å². The van der Waals surface area contributed by atoms with Crippen molar-refractivity contribution in [1.82, 2.24) is 0 Å². The Balaban J connectivity index is 1.51. The third kappa shape index (κ3) is 1.87. The Hall–Kier alpha value is -4.43. The van der Waals surface area contributed by atoms with E-state index in [9.17, 15) is 0 Å². The lowest BCUT2D eigenvalue weighted by molar-refractivity contribution is 0.466. The van der Waals surface area contributed by atoms with E-state index >= 15 is 0 Å². The molecule has 6 aromatic carbocycles. The van der Waals surface area contributed by atoms with Gasteiger partial charge in [-0.1, -0.05) is 83.7 Å². The van der Waals surface area contributed by atoms with Gasteiger partial charge in [-0.15, -0.1) is 0 Å². The fraction of sp³-hybridized carbons (Fsp3) is 0. The van der Waals surface area contributed by atoms with Gasteiger partial charge in [0.05, 0.1) is 0 Å². The molecular formula is C32H16B2O2. The van der Waals surface area contributed by atoms with E-state index in [0.717, 1.165) is 23.0 Å². The van der Waals surface area contributed by atoms with Crippen molar-refractivity contribution in [3.63, 3.8) is 0 Å². The first-order valence-electron chi connectivity index (χ1n) is 12.6. The van der Waals surface area contributed by atoms with Crippen molar-refractivity contribution >= 4 is 67.7 Å². The van der Waals surface area contributed by atoms with E-state index in [1.165, 1.54) is 65.4 Å². The Morgan fingerprint density at radius 3 is 1.47 bits per heavy atom. The van der Waals surface area contributed by atoms with Gasteiger partial charge >= 0.3 is 0 Å². The second-order valence-corrected chi connectivity index (χ2v) is 10.4. The Morgan fingerprint density at radius 1 is 0.417 bits per heavy atom. The first-order chi connectivity index (χ1) is 17.9. The second-order valence-electron chi connectivity index (χ2n) is 10.4. The van der Waals surface area contributed by atoms with Crippen molar-refractivity contribution in [1.29, 1.82) is 0 Å². The topological polar surface area (TPSA) is 18.5 Å². The van der Waals surface area contributed by atoms with E-state index in [0.29, 0.717) is 0 Å². The predicted octanol–water partition coefficient (Wildman–Crippen LogP) is 3.53. The van der Waals surface area contributed by atoms with Gasteiger partial charge in [0.15, 0.2) is 0 Å². The SMILES string of the molecule is c1ccc2c(c1)Oc1cc3c4c5c1B2c1cccc2cc6cccc(c6c-5c12)B4c1ccccc1O3. The molecule has 0 spiro atoms. The summed E-state index contributed by atoms with van der Waals surface area (Å²) in [6.45, 7) is 0.281. The molecule has 0 aliphatic carbocycles. The van der Waals surface area contributed by atoms with E-state index in [1.54, 1.807) is 0 Å². The maximum Gasteiger partial charge on any atom is 0.252 e. The van der Waals surface area contributed by atoms with Crippen molar-refractivity contribution in [2.24, 2.45) is 0 Å². The highest BCUT2D eigenvalue weighted by Gasteiger charge is 2.47. The smallest absolute Gasteiger partial charge is 0.252 e. The maximum atomic E-state index is 6.63. The van der Waals surface area contributed by atoms with Gasteiger partial charge in [-0.05, 0) is 72.7 Å². The molecule has 10 rings (SSSR count). The quantitative estimate of drug-likeness (QED) is 0.258. The van der Waals surface area contributed by atoms with Crippen LogP contribution in [0.3, 0.4) is 0 Å². The highest BCUT2D eigenvalue weighted by molar-refractivity contribution is 7.04. The van der Waals surface area contributed by atoms with Crippen LogP contribution in [0, 0.1) is 0 Å². The molecule has 0 amide bonds. The monoisotopic (exact) mass is 454 g/mol. The highest BCUT2D eigenvalue weighted by Crippen LogP contribution is 2.45. The molecule has 162 valence electrons. The van der Waals surface area contributed by atoms with Gasteiger partial charge in [0.25, 0.3) is 13.4 Å². The van der Waals surface area contributed by atoms with Gasteiger partial charge in [-0.2, -0.15) is 0 Å². The summed E-state index contributed by atoms with van der Waals surface area (Å²) in [4.78, 5) is 0. The largest absolute Gasteiger partial charge is 0.458 e. The number of hydrogen-bond acceptors (Lipinski definition) is 2. The van der Waals surface area contributed by atoms with Gasteiger partial charge in [0, 0.05) is 6.07 Å². The lowest BCUT2D eigenvalue weighted by atomic mass is 9.27. The van der Waals surface area contributed by atoms with Gasteiger partial charge in [-0.25, -0.2) is 0 Å². The van der Waals surface area contributed by atoms with E-state index in [1.807, 2.05) is 0 Å². The summed E-state index contributed by atoms with van der Waals surface area (Å²) in [6, 6.07) is 35.2. The van der Waals surface area contributed by atoms with Crippen LogP contribution >= 0.6 is 0 Å². The first-order valence-corrected chi connectivity index (χ1v) is 12.6. The molecule has 4 aliphatic heterocycles. The third-order valence-electron chi connectivity index (χ3n) is 8.75. The van der Waals surface area contributed by atoms with E-state index in [-0.39, 0.29) is 13.4 Å². The summed E-state index contributed by atoms with van der Waals surface area (Å²) in [7, 11) is 0. The van der Waals surface area contributed by atoms with Crippen LogP contribution in [0.4, 0.5) is 0 Å². The second kappa shape index (κ2) is 5.85. The van der Waals surface area contributed by atoms with Gasteiger partial charge in [0.1, 0.15) is 23.0 Å². The zero-order valence-corrected chi connectivity index (χ0v) is 19.2. The fourth-order valence-electron chi connectivity index (χ4n) is 7.51. The first kappa shape index (κ1) is 17.9. The molecule has 2 nitrogen and oxygen atoms in total. The summed E-state index contributed by atoms with van der Waals surface area (Å²) in [5, 5.41) is 5.36. The third-order valence-corrected chi connectivity index (χ3v) is 8.75. The van der Waals surface area contributed by atoms with E-state index in [2.05, 4.69) is 97.1 Å². The number of fused-ring (bicyclic) bond motifs is 6. The maximum absolute atomic E-state index is 6.63. The molecule has 0 saturated carbocycles. The minimum Gasteiger partial charge on any atom is -0.458 e. The lowest BCUT2D eigenvalue weighted by Crippen LogP contribution is -2.63. The van der Waals surface area contributed by atoms with Gasteiger partial charge in [-0.3, -0.25) is 0 Å². The Kier molecular flexibility index (Phi) is 2.91. The molecule has 4 heterocycles. The minimum atomic E-state index is 0.141. The zero-order valence-electron chi connectivity index (χ0n) is 19.2. The van der Waals surface area contributed by atoms with Crippen LogP contribution in [0.5, 0.6) is 23.0 Å². The molecule has 0 fully saturated rings. The van der Waals surface area contributed by atoms with Crippen LogP contribution in [0.1, 0.15) is 0 Å². The molecule has 0 aromatic heterocycles. The van der Waals surface area contributed by atoms with Crippen molar-refractivity contribution < 1.29 is 9.47 Å². The van der Waals surface area contributed by atoms with Crippen molar-refractivity contribution in [2.45, 2.75) is 0 Å². The lowest BCUT2D eigenvalue weighted by Gasteiger charge is -2.41. The molecule has 4 heteroatoms. The van der Waals surface area contributed by atoms with Crippen LogP contribution in [0.25, 0.3) is 32.7 Å². The Labute approximate surface area is 208 Å². The average Bonchev–Trinajstić information content (AvgIpc) is 2.92.